The molecule has 23 heavy (non-hydrogen) atoms. The first kappa shape index (κ1) is 14.0. The molecule has 0 fully saturated rings. The summed E-state index contributed by atoms with van der Waals surface area (Å²) in [7, 11) is 0. The Balaban J connectivity index is 2.04. The topological polar surface area (TPSA) is 51.6 Å². The molecule has 0 aliphatic heterocycles. The van der Waals surface area contributed by atoms with E-state index in [-0.39, 0.29) is 0 Å². The first-order valence-corrected chi connectivity index (χ1v) is 7.91. The van der Waals surface area contributed by atoms with E-state index in [1.807, 2.05) is 54.6 Å². The van der Waals surface area contributed by atoms with E-state index < -0.39 is 0 Å². The Morgan fingerprint density at radius 2 is 1.26 bits per heavy atom. The lowest BCUT2D eigenvalue weighted by Crippen LogP contribution is -1.97. The van der Waals surface area contributed by atoms with Crippen molar-refractivity contribution in [3.63, 3.8) is 0 Å². The van der Waals surface area contributed by atoms with Gasteiger partial charge in [0.15, 0.2) is 0 Å². The Morgan fingerprint density at radius 3 is 1.83 bits per heavy atom. The maximum atomic E-state index is 4.79. The minimum Gasteiger partial charge on any atom is -0.255 e. The summed E-state index contributed by atoms with van der Waals surface area (Å²) in [5, 5.41) is 0. The summed E-state index contributed by atoms with van der Waals surface area (Å²) in [4.78, 5) is 18.4. The lowest BCUT2D eigenvalue weighted by Gasteiger charge is -2.09. The second-order valence-electron chi connectivity index (χ2n) is 4.98. The van der Waals surface area contributed by atoms with Crippen molar-refractivity contribution in [2.24, 2.45) is 0 Å². The van der Waals surface area contributed by atoms with Gasteiger partial charge in [-0.2, -0.15) is 0 Å². The van der Waals surface area contributed by atoms with Gasteiger partial charge in [-0.15, -0.1) is 0 Å². The molecule has 4 aromatic rings. The average Bonchev–Trinajstić information content (AvgIpc) is 2.62. The molecule has 0 aliphatic rings. The zero-order valence-electron chi connectivity index (χ0n) is 12.0. The van der Waals surface area contributed by atoms with Crippen LogP contribution in [0.25, 0.3) is 33.8 Å². The maximum Gasteiger partial charge on any atom is 0.117 e. The molecule has 110 valence electrons. The Morgan fingerprint density at radius 1 is 0.652 bits per heavy atom. The third-order valence-electron chi connectivity index (χ3n) is 3.44. The van der Waals surface area contributed by atoms with Crippen LogP contribution >= 0.6 is 15.9 Å². The van der Waals surface area contributed by atoms with E-state index in [4.69, 9.17) is 9.97 Å². The third kappa shape index (κ3) is 2.71. The van der Waals surface area contributed by atoms with Crippen molar-refractivity contribution in [1.82, 2.24) is 19.9 Å². The Labute approximate surface area is 141 Å². The van der Waals surface area contributed by atoms with E-state index in [9.17, 15) is 0 Å². The van der Waals surface area contributed by atoms with E-state index in [1.54, 1.807) is 12.4 Å². The largest absolute Gasteiger partial charge is 0.255 e. The number of pyridine rings is 2. The highest BCUT2D eigenvalue weighted by Crippen LogP contribution is 2.29. The smallest absolute Gasteiger partial charge is 0.117 e. The van der Waals surface area contributed by atoms with Gasteiger partial charge < -0.3 is 0 Å². The van der Waals surface area contributed by atoms with Crippen LogP contribution in [0.2, 0.25) is 0 Å². The second kappa shape index (κ2) is 5.85. The van der Waals surface area contributed by atoms with Crippen LogP contribution in [0.4, 0.5) is 0 Å². The Hall–Kier alpha value is -2.66. The number of nitrogens with zero attached hydrogens (tertiary/aromatic N) is 4. The number of fused-ring (bicyclic) bond motifs is 1. The second-order valence-corrected chi connectivity index (χ2v) is 5.90. The predicted octanol–water partition coefficient (Wildman–Crippen LogP) is 4.52. The van der Waals surface area contributed by atoms with Gasteiger partial charge in [-0.25, -0.2) is 9.97 Å². The van der Waals surface area contributed by atoms with Crippen LogP contribution in [0.15, 0.2) is 71.5 Å². The van der Waals surface area contributed by atoms with Crippen molar-refractivity contribution >= 4 is 27.0 Å². The fraction of sp³-hybridized carbons (Fsp3) is 0. The molecule has 5 heteroatoms. The summed E-state index contributed by atoms with van der Waals surface area (Å²) in [5.74, 6) is 0. The highest BCUT2D eigenvalue weighted by atomic mass is 79.9. The molecule has 4 nitrogen and oxygen atoms in total. The quantitative estimate of drug-likeness (QED) is 0.526. The van der Waals surface area contributed by atoms with E-state index in [1.165, 1.54) is 0 Å². The molecule has 0 radical (unpaired) electrons. The number of aromatic nitrogens is 4. The van der Waals surface area contributed by atoms with Gasteiger partial charge in [-0.3, -0.25) is 9.97 Å². The van der Waals surface area contributed by atoms with Crippen LogP contribution in [0, 0.1) is 0 Å². The summed E-state index contributed by atoms with van der Waals surface area (Å²) in [6, 6.07) is 17.4. The van der Waals surface area contributed by atoms with Crippen LogP contribution in [0.5, 0.6) is 0 Å². The van der Waals surface area contributed by atoms with Gasteiger partial charge in [0.25, 0.3) is 0 Å². The van der Waals surface area contributed by atoms with Crippen molar-refractivity contribution in [2.45, 2.75) is 0 Å². The molecule has 0 atom stereocenters. The number of rotatable bonds is 2. The standard InChI is InChI=1S/C18H11BrN4/c19-12-7-8-13-16(11-12)23-18(15-6-2-4-10-21-15)17(22-13)14-5-1-3-9-20-14/h1-11H. The summed E-state index contributed by atoms with van der Waals surface area (Å²) >= 11 is 3.48. The lowest BCUT2D eigenvalue weighted by atomic mass is 10.1. The zero-order chi connectivity index (χ0) is 15.6. The van der Waals surface area contributed by atoms with Crippen LogP contribution in [0.1, 0.15) is 0 Å². The van der Waals surface area contributed by atoms with Gasteiger partial charge in [-0.05, 0) is 42.5 Å². The SMILES string of the molecule is Brc1ccc2nc(-c3ccccn3)c(-c3ccccn3)nc2c1. The van der Waals surface area contributed by atoms with Crippen molar-refractivity contribution in [3.05, 3.63) is 71.5 Å². The molecule has 0 aliphatic carbocycles. The number of hydrogen-bond acceptors (Lipinski definition) is 4. The van der Waals surface area contributed by atoms with Gasteiger partial charge in [0.1, 0.15) is 11.4 Å². The normalized spacial score (nSPS) is 10.8. The molecule has 0 bridgehead atoms. The lowest BCUT2D eigenvalue weighted by molar-refractivity contribution is 1.21. The highest BCUT2D eigenvalue weighted by molar-refractivity contribution is 9.10. The highest BCUT2D eigenvalue weighted by Gasteiger charge is 2.14. The fourth-order valence-corrected chi connectivity index (χ4v) is 2.74. The molecule has 0 N–H and O–H groups in total. The van der Waals surface area contributed by atoms with E-state index in [0.717, 1.165) is 38.3 Å². The van der Waals surface area contributed by atoms with E-state index >= 15 is 0 Å². The molecule has 0 spiro atoms. The number of benzene rings is 1. The third-order valence-corrected chi connectivity index (χ3v) is 3.93. The van der Waals surface area contributed by atoms with Gasteiger partial charge >= 0.3 is 0 Å². The maximum absolute atomic E-state index is 4.79. The molecule has 3 aromatic heterocycles. The molecule has 3 heterocycles. The minimum absolute atomic E-state index is 0.731. The molecule has 0 saturated heterocycles. The van der Waals surface area contributed by atoms with Gasteiger partial charge in [0.2, 0.25) is 0 Å². The Bertz CT molecular complexity index is 972. The zero-order valence-corrected chi connectivity index (χ0v) is 13.6. The minimum atomic E-state index is 0.731. The van der Waals surface area contributed by atoms with Gasteiger partial charge in [0.05, 0.1) is 22.4 Å². The van der Waals surface area contributed by atoms with Crippen molar-refractivity contribution in [3.8, 4) is 22.8 Å². The monoisotopic (exact) mass is 362 g/mol. The molecule has 0 amide bonds. The van der Waals surface area contributed by atoms with Gasteiger partial charge in [-0.1, -0.05) is 28.1 Å². The van der Waals surface area contributed by atoms with E-state index in [0.29, 0.717) is 0 Å². The van der Waals surface area contributed by atoms with Crippen molar-refractivity contribution in [1.29, 1.82) is 0 Å². The van der Waals surface area contributed by atoms with Crippen LogP contribution in [0.3, 0.4) is 0 Å². The fourth-order valence-electron chi connectivity index (χ4n) is 2.39. The molecule has 0 unspecified atom stereocenters. The Kier molecular flexibility index (Phi) is 3.55. The van der Waals surface area contributed by atoms with Crippen LogP contribution < -0.4 is 0 Å². The molecular weight excluding hydrogens is 352 g/mol. The van der Waals surface area contributed by atoms with Crippen molar-refractivity contribution < 1.29 is 0 Å². The van der Waals surface area contributed by atoms with E-state index in [2.05, 4.69) is 25.9 Å². The average molecular weight is 363 g/mol. The van der Waals surface area contributed by atoms with Gasteiger partial charge in [0, 0.05) is 16.9 Å². The summed E-state index contributed by atoms with van der Waals surface area (Å²) in [5.41, 5.74) is 4.68. The molecule has 4 rings (SSSR count). The first-order valence-electron chi connectivity index (χ1n) is 7.11. The summed E-state index contributed by atoms with van der Waals surface area (Å²) in [6.45, 7) is 0. The molecular formula is C18H11BrN4. The molecule has 0 saturated carbocycles. The predicted molar refractivity (Wildman–Crippen MR) is 93.7 cm³/mol. The summed E-state index contributed by atoms with van der Waals surface area (Å²) < 4.78 is 0.969. The summed E-state index contributed by atoms with van der Waals surface area (Å²) in [6.07, 6.45) is 3.51. The number of hydrogen-bond donors (Lipinski definition) is 0. The van der Waals surface area contributed by atoms with Crippen LogP contribution in [-0.2, 0) is 0 Å². The van der Waals surface area contributed by atoms with Crippen molar-refractivity contribution in [2.75, 3.05) is 0 Å². The number of halogens is 1. The first-order chi connectivity index (χ1) is 11.3. The van der Waals surface area contributed by atoms with Crippen LogP contribution in [-0.4, -0.2) is 19.9 Å². The molecule has 1 aromatic carbocycles.